The molecule has 0 aliphatic rings. The fourth-order valence-corrected chi connectivity index (χ4v) is 2.59. The average molecular weight is 383 g/mol. The molecule has 8 heteroatoms. The van der Waals surface area contributed by atoms with Crippen LogP contribution < -0.4 is 20.3 Å². The number of nitrogens with one attached hydrogen (secondary N) is 1. The number of benzene rings is 2. The Balaban J connectivity index is 1.84. The maximum atomic E-state index is 13.0. The number of anilines is 1. The van der Waals surface area contributed by atoms with Gasteiger partial charge in [-0.3, -0.25) is 9.59 Å². The van der Waals surface area contributed by atoms with Crippen LogP contribution in [0.5, 0.6) is 11.5 Å². The lowest BCUT2D eigenvalue weighted by Crippen LogP contribution is -2.29. The average Bonchev–Trinajstić information content (AvgIpc) is 2.71. The van der Waals surface area contributed by atoms with E-state index < -0.39 is 17.3 Å². The quantitative estimate of drug-likeness (QED) is 0.708. The second kappa shape index (κ2) is 8.34. The summed E-state index contributed by atoms with van der Waals surface area (Å²) in [5.41, 5.74) is 1.11. The number of methoxy groups -OCH3 is 2. The number of hydrogen-bond donors (Lipinski definition) is 1. The lowest BCUT2D eigenvalue weighted by molar-refractivity contribution is -0.117. The topological polar surface area (TPSA) is 82.5 Å². The summed E-state index contributed by atoms with van der Waals surface area (Å²) in [5.74, 6) is 0.275. The van der Waals surface area contributed by atoms with Crippen molar-refractivity contribution >= 4 is 11.6 Å². The van der Waals surface area contributed by atoms with Gasteiger partial charge in [0.1, 0.15) is 23.9 Å². The first-order valence-electron chi connectivity index (χ1n) is 8.36. The largest absolute Gasteiger partial charge is 0.497 e. The zero-order valence-electron chi connectivity index (χ0n) is 15.3. The Kier molecular flexibility index (Phi) is 5.69. The van der Waals surface area contributed by atoms with Crippen LogP contribution in [0.25, 0.3) is 11.3 Å². The van der Waals surface area contributed by atoms with Crippen molar-refractivity contribution in [3.63, 3.8) is 0 Å². The second-order valence-electron chi connectivity index (χ2n) is 5.84. The Bertz CT molecular complexity index is 1050. The molecule has 0 aliphatic carbocycles. The van der Waals surface area contributed by atoms with Crippen LogP contribution in [0.2, 0.25) is 0 Å². The van der Waals surface area contributed by atoms with Crippen molar-refractivity contribution < 1.29 is 18.7 Å². The lowest BCUT2D eigenvalue weighted by atomic mass is 10.1. The minimum Gasteiger partial charge on any atom is -0.497 e. The highest BCUT2D eigenvalue weighted by atomic mass is 19.1. The molecule has 2 aromatic carbocycles. The van der Waals surface area contributed by atoms with Crippen molar-refractivity contribution in [3.8, 4) is 22.8 Å². The van der Waals surface area contributed by atoms with E-state index in [4.69, 9.17) is 9.47 Å². The molecule has 144 valence electrons. The summed E-state index contributed by atoms with van der Waals surface area (Å²) in [5, 5.41) is 6.86. The number of aromatic nitrogens is 2. The number of carbonyl (C=O) groups is 1. The van der Waals surface area contributed by atoms with E-state index in [-0.39, 0.29) is 6.54 Å². The van der Waals surface area contributed by atoms with Gasteiger partial charge in [0.2, 0.25) is 5.91 Å². The number of nitrogens with zero attached hydrogens (tertiary/aromatic N) is 2. The van der Waals surface area contributed by atoms with E-state index in [0.29, 0.717) is 28.4 Å². The van der Waals surface area contributed by atoms with Crippen molar-refractivity contribution in [1.29, 1.82) is 0 Å². The highest BCUT2D eigenvalue weighted by Crippen LogP contribution is 2.31. The first-order chi connectivity index (χ1) is 13.5. The van der Waals surface area contributed by atoms with E-state index in [1.165, 1.54) is 37.4 Å². The summed E-state index contributed by atoms with van der Waals surface area (Å²) in [6, 6.07) is 13.4. The van der Waals surface area contributed by atoms with Crippen LogP contribution in [0.15, 0.2) is 59.4 Å². The lowest BCUT2D eigenvalue weighted by Gasteiger charge is -2.12. The van der Waals surface area contributed by atoms with Crippen LogP contribution >= 0.6 is 0 Å². The van der Waals surface area contributed by atoms with Crippen LogP contribution in [-0.4, -0.2) is 29.9 Å². The van der Waals surface area contributed by atoms with Crippen LogP contribution in [0.1, 0.15) is 0 Å². The monoisotopic (exact) mass is 383 g/mol. The fraction of sp³-hybridized carbons (Fsp3) is 0.150. The van der Waals surface area contributed by atoms with E-state index in [1.54, 1.807) is 31.4 Å². The summed E-state index contributed by atoms with van der Waals surface area (Å²) >= 11 is 0. The molecule has 0 atom stereocenters. The Hall–Kier alpha value is -3.68. The van der Waals surface area contributed by atoms with Gasteiger partial charge in [-0.15, -0.1) is 0 Å². The van der Waals surface area contributed by atoms with Gasteiger partial charge in [-0.25, -0.2) is 9.07 Å². The second-order valence-corrected chi connectivity index (χ2v) is 5.84. The minimum atomic E-state index is -0.458. The zero-order chi connectivity index (χ0) is 20.1. The van der Waals surface area contributed by atoms with Crippen molar-refractivity contribution in [2.75, 3.05) is 19.5 Å². The molecule has 0 saturated carbocycles. The van der Waals surface area contributed by atoms with Crippen molar-refractivity contribution in [2.45, 2.75) is 6.54 Å². The normalized spacial score (nSPS) is 10.4. The van der Waals surface area contributed by atoms with Crippen LogP contribution in [-0.2, 0) is 11.3 Å². The number of hydrogen-bond acceptors (Lipinski definition) is 5. The van der Waals surface area contributed by atoms with Crippen molar-refractivity contribution in [2.24, 2.45) is 0 Å². The molecule has 3 rings (SSSR count). The molecule has 0 aliphatic heterocycles. The summed E-state index contributed by atoms with van der Waals surface area (Å²) in [6.07, 6.45) is 0. The van der Waals surface area contributed by atoms with Gasteiger partial charge in [0.15, 0.2) is 0 Å². The molecule has 0 bridgehead atoms. The zero-order valence-corrected chi connectivity index (χ0v) is 15.3. The first kappa shape index (κ1) is 19.1. The first-order valence-corrected chi connectivity index (χ1v) is 8.36. The highest BCUT2D eigenvalue weighted by Gasteiger charge is 2.12. The van der Waals surface area contributed by atoms with Gasteiger partial charge in [-0.2, -0.15) is 5.10 Å². The summed E-state index contributed by atoms with van der Waals surface area (Å²) in [4.78, 5) is 24.3. The Morgan fingerprint density at radius 1 is 1.07 bits per heavy atom. The molecule has 28 heavy (non-hydrogen) atoms. The van der Waals surface area contributed by atoms with E-state index >= 15 is 0 Å². The van der Waals surface area contributed by atoms with Crippen LogP contribution in [0.4, 0.5) is 10.1 Å². The van der Waals surface area contributed by atoms with Crippen LogP contribution in [0.3, 0.4) is 0 Å². The molecule has 0 unspecified atom stereocenters. The van der Waals surface area contributed by atoms with Gasteiger partial charge in [0, 0.05) is 23.4 Å². The third kappa shape index (κ3) is 4.35. The minimum absolute atomic E-state index is 0.289. The Morgan fingerprint density at radius 3 is 2.50 bits per heavy atom. The summed E-state index contributed by atoms with van der Waals surface area (Å²) < 4.78 is 24.5. The third-order valence-electron chi connectivity index (χ3n) is 3.97. The van der Waals surface area contributed by atoms with Gasteiger partial charge in [-0.1, -0.05) is 0 Å². The van der Waals surface area contributed by atoms with Gasteiger partial charge >= 0.3 is 0 Å². The molecule has 1 aromatic heterocycles. The number of amides is 1. The van der Waals surface area contributed by atoms with Gasteiger partial charge in [0.05, 0.1) is 19.9 Å². The van der Waals surface area contributed by atoms with Crippen LogP contribution in [0, 0.1) is 5.82 Å². The van der Waals surface area contributed by atoms with E-state index in [0.717, 1.165) is 4.68 Å². The molecule has 0 radical (unpaired) electrons. The standard InChI is InChI=1S/C20H18FN3O4/c1-27-15-7-8-16(18(11-15)28-2)17-9-10-20(26)24(23-17)12-19(25)22-14-5-3-13(21)4-6-14/h3-11H,12H2,1-2H3,(H,22,25). The highest BCUT2D eigenvalue weighted by molar-refractivity contribution is 5.90. The number of carbonyl (C=O) groups excluding carboxylic acids is 1. The van der Waals surface area contributed by atoms with E-state index in [9.17, 15) is 14.0 Å². The van der Waals surface area contributed by atoms with Crippen molar-refractivity contribution in [3.05, 3.63) is 70.8 Å². The maximum absolute atomic E-state index is 13.0. The summed E-state index contributed by atoms with van der Waals surface area (Å²) in [6.45, 7) is -0.289. The Morgan fingerprint density at radius 2 is 1.82 bits per heavy atom. The third-order valence-corrected chi connectivity index (χ3v) is 3.97. The number of rotatable bonds is 6. The molecular formula is C20H18FN3O4. The fourth-order valence-electron chi connectivity index (χ4n) is 2.59. The van der Waals surface area contributed by atoms with E-state index in [1.807, 2.05) is 0 Å². The predicted octanol–water partition coefficient (Wildman–Crippen LogP) is 2.71. The molecule has 1 amide bonds. The molecule has 1 N–H and O–H groups in total. The molecule has 0 spiro atoms. The number of halogens is 1. The van der Waals surface area contributed by atoms with Crippen molar-refractivity contribution in [1.82, 2.24) is 9.78 Å². The van der Waals surface area contributed by atoms with Gasteiger partial charge in [-0.05, 0) is 42.5 Å². The number of ether oxygens (including phenoxy) is 2. The van der Waals surface area contributed by atoms with Gasteiger partial charge in [0.25, 0.3) is 5.56 Å². The maximum Gasteiger partial charge on any atom is 0.267 e. The molecule has 7 nitrogen and oxygen atoms in total. The predicted molar refractivity (Wildman–Crippen MR) is 102 cm³/mol. The molecule has 0 saturated heterocycles. The smallest absolute Gasteiger partial charge is 0.267 e. The molecule has 0 fully saturated rings. The Labute approximate surface area is 160 Å². The summed E-state index contributed by atoms with van der Waals surface area (Å²) in [7, 11) is 3.07. The molecule has 3 aromatic rings. The molecular weight excluding hydrogens is 365 g/mol. The molecule has 1 heterocycles. The SMILES string of the molecule is COc1ccc(-c2ccc(=O)n(CC(=O)Nc3ccc(F)cc3)n2)c(OC)c1. The van der Waals surface area contributed by atoms with E-state index in [2.05, 4.69) is 10.4 Å². The van der Waals surface area contributed by atoms with Gasteiger partial charge < -0.3 is 14.8 Å².